The summed E-state index contributed by atoms with van der Waals surface area (Å²) in [5, 5.41) is 15.9. The summed E-state index contributed by atoms with van der Waals surface area (Å²) in [6, 6.07) is 19.5. The Hall–Kier alpha value is -4.06. The molecule has 0 aromatic heterocycles. The van der Waals surface area contributed by atoms with Gasteiger partial charge in [-0.15, -0.1) is 0 Å². The lowest BCUT2D eigenvalue weighted by Crippen LogP contribution is -2.36. The summed E-state index contributed by atoms with van der Waals surface area (Å²) in [5.41, 5.74) is 3.06. The van der Waals surface area contributed by atoms with Crippen LogP contribution in [0, 0.1) is 28.9 Å². The van der Waals surface area contributed by atoms with Crippen LogP contribution in [-0.4, -0.2) is 49.6 Å². The fourth-order valence-corrected chi connectivity index (χ4v) is 5.79. The summed E-state index contributed by atoms with van der Waals surface area (Å²) >= 11 is 0. The molecule has 6 nitrogen and oxygen atoms in total. The van der Waals surface area contributed by atoms with Gasteiger partial charge in [0.2, 0.25) is 5.91 Å². The number of amides is 1. The summed E-state index contributed by atoms with van der Waals surface area (Å²) in [5.74, 6) is 0.156. The highest BCUT2D eigenvalue weighted by atomic mass is 19.1. The Bertz CT molecular complexity index is 1380. The van der Waals surface area contributed by atoms with Gasteiger partial charge in [-0.2, -0.15) is 5.26 Å². The van der Waals surface area contributed by atoms with Gasteiger partial charge in [0.1, 0.15) is 29.6 Å². The van der Waals surface area contributed by atoms with Gasteiger partial charge < -0.3 is 15.4 Å². The molecule has 2 N–H and O–H groups in total. The van der Waals surface area contributed by atoms with E-state index in [1.807, 2.05) is 18.2 Å². The smallest absolute Gasteiger partial charge is 0.221 e. The summed E-state index contributed by atoms with van der Waals surface area (Å²) < 4.78 is 33.2. The average Bonchev–Trinajstić information content (AvgIpc) is 3.02. The van der Waals surface area contributed by atoms with Crippen molar-refractivity contribution in [2.24, 2.45) is 5.92 Å². The molecule has 0 spiro atoms. The fraction of sp³-hybridized carbons (Fsp3) is 0.371. The average molecular weight is 585 g/mol. The number of halogens is 2. The molecule has 2 saturated heterocycles. The maximum Gasteiger partial charge on any atom is 0.221 e. The first-order valence-corrected chi connectivity index (χ1v) is 15.1. The molecule has 3 aromatic carbocycles. The van der Waals surface area contributed by atoms with Gasteiger partial charge in [0.05, 0.1) is 11.6 Å². The fourth-order valence-electron chi connectivity index (χ4n) is 5.79. The highest BCUT2D eigenvalue weighted by Gasteiger charge is 2.24. The van der Waals surface area contributed by atoms with Gasteiger partial charge in [-0.1, -0.05) is 42.5 Å². The maximum absolute atomic E-state index is 13.5. The molecule has 0 radical (unpaired) electrons. The van der Waals surface area contributed by atoms with Crippen LogP contribution < -0.4 is 15.4 Å². The number of ether oxygens (including phenoxy) is 1. The second-order valence-corrected chi connectivity index (χ2v) is 11.4. The summed E-state index contributed by atoms with van der Waals surface area (Å²) in [6.07, 6.45) is 8.46. The lowest BCUT2D eigenvalue weighted by Gasteiger charge is -2.31. The Morgan fingerprint density at radius 1 is 0.977 bits per heavy atom. The van der Waals surface area contributed by atoms with E-state index in [1.54, 1.807) is 24.3 Å². The summed E-state index contributed by atoms with van der Waals surface area (Å²) in [4.78, 5) is 15.5. The number of nitrogens with one attached hydrogen (secondary N) is 2. The van der Waals surface area contributed by atoms with E-state index in [1.165, 1.54) is 24.3 Å². The number of likely N-dealkylation sites (tertiary alicyclic amines) is 1. The van der Waals surface area contributed by atoms with Crippen molar-refractivity contribution in [1.29, 1.82) is 5.26 Å². The number of carbonyl (C=O) groups is 1. The molecule has 2 fully saturated rings. The van der Waals surface area contributed by atoms with E-state index >= 15 is 0 Å². The highest BCUT2D eigenvalue weighted by molar-refractivity contribution is 5.77. The standard InChI is InChI=1S/C35H38F2N4O2/c36-30-9-5-27(6-10-30)35(28-7-11-31(37)12-8-28)40-34(42)23-26-15-20-41(21-16-26)19-1-2-25-3-4-29(24-38)33(22-25)43-32-13-17-39-18-14-32/h1-12,22,26,32,35,39H,13-21,23H2,(H,40,42)/b2-1+. The van der Waals surface area contributed by atoms with Crippen molar-refractivity contribution < 1.29 is 18.3 Å². The molecule has 0 saturated carbocycles. The van der Waals surface area contributed by atoms with E-state index in [0.29, 0.717) is 17.7 Å². The Morgan fingerprint density at radius 2 is 1.60 bits per heavy atom. The first-order valence-electron chi connectivity index (χ1n) is 15.1. The molecular formula is C35H38F2N4O2. The Balaban J connectivity index is 1.11. The van der Waals surface area contributed by atoms with E-state index in [9.17, 15) is 18.8 Å². The van der Waals surface area contributed by atoms with Crippen molar-refractivity contribution in [2.75, 3.05) is 32.7 Å². The molecule has 0 atom stereocenters. The lowest BCUT2D eigenvalue weighted by molar-refractivity contribution is -0.122. The van der Waals surface area contributed by atoms with Crippen LogP contribution in [0.5, 0.6) is 5.75 Å². The van der Waals surface area contributed by atoms with E-state index in [-0.39, 0.29) is 29.6 Å². The predicted molar refractivity (Wildman–Crippen MR) is 163 cm³/mol. The van der Waals surface area contributed by atoms with Crippen LogP contribution in [0.1, 0.15) is 60.4 Å². The van der Waals surface area contributed by atoms with Gasteiger partial charge in [-0.3, -0.25) is 9.69 Å². The third-order valence-electron chi connectivity index (χ3n) is 8.27. The van der Waals surface area contributed by atoms with Gasteiger partial charge in [0, 0.05) is 13.0 Å². The van der Waals surface area contributed by atoms with Gasteiger partial charge in [0.25, 0.3) is 0 Å². The molecule has 0 unspecified atom stereocenters. The predicted octanol–water partition coefficient (Wildman–Crippen LogP) is 5.99. The van der Waals surface area contributed by atoms with Crippen LogP contribution in [0.15, 0.2) is 72.8 Å². The Kier molecular flexibility index (Phi) is 10.5. The molecule has 1 amide bonds. The first-order chi connectivity index (χ1) is 21.0. The summed E-state index contributed by atoms with van der Waals surface area (Å²) in [6.45, 7) is 4.47. The molecule has 0 bridgehead atoms. The molecular weight excluding hydrogens is 546 g/mol. The van der Waals surface area contributed by atoms with Crippen molar-refractivity contribution in [1.82, 2.24) is 15.5 Å². The molecule has 8 heteroatoms. The van der Waals surface area contributed by atoms with E-state index in [4.69, 9.17) is 4.74 Å². The minimum absolute atomic E-state index is 0.0691. The lowest BCUT2D eigenvalue weighted by atomic mass is 9.92. The van der Waals surface area contributed by atoms with Crippen molar-refractivity contribution in [2.45, 2.75) is 44.2 Å². The van der Waals surface area contributed by atoms with Crippen LogP contribution in [0.2, 0.25) is 0 Å². The molecule has 2 aliphatic rings. The SMILES string of the molecule is N#Cc1ccc(/C=C/CN2CCC(CC(=O)NC(c3ccc(F)cc3)c3ccc(F)cc3)CC2)cc1OC1CCNCC1. The number of hydrogen-bond acceptors (Lipinski definition) is 5. The van der Waals surface area contributed by atoms with Crippen LogP contribution in [0.3, 0.4) is 0 Å². The quantitative estimate of drug-likeness (QED) is 0.306. The van der Waals surface area contributed by atoms with E-state index < -0.39 is 6.04 Å². The van der Waals surface area contributed by atoms with Gasteiger partial charge in [-0.05, 0) is 111 Å². The zero-order chi connectivity index (χ0) is 30.0. The Labute approximate surface area is 252 Å². The highest BCUT2D eigenvalue weighted by Crippen LogP contribution is 2.26. The molecule has 0 aliphatic carbocycles. The number of nitrogens with zero attached hydrogens (tertiary/aromatic N) is 2. The van der Waals surface area contributed by atoms with Gasteiger partial charge in [-0.25, -0.2) is 8.78 Å². The number of benzene rings is 3. The van der Waals surface area contributed by atoms with Crippen molar-refractivity contribution in [3.8, 4) is 11.8 Å². The number of piperidine rings is 2. The molecule has 43 heavy (non-hydrogen) atoms. The van der Waals surface area contributed by atoms with Crippen LogP contribution in [0.25, 0.3) is 6.08 Å². The molecule has 3 aromatic rings. The van der Waals surface area contributed by atoms with Crippen LogP contribution in [0.4, 0.5) is 8.78 Å². The summed E-state index contributed by atoms with van der Waals surface area (Å²) in [7, 11) is 0. The number of nitriles is 1. The Morgan fingerprint density at radius 3 is 2.21 bits per heavy atom. The molecule has 2 heterocycles. The third-order valence-corrected chi connectivity index (χ3v) is 8.27. The topological polar surface area (TPSA) is 77.4 Å². The van der Waals surface area contributed by atoms with Crippen molar-refractivity contribution in [3.05, 3.63) is 107 Å². The number of carbonyl (C=O) groups excluding carboxylic acids is 1. The maximum atomic E-state index is 13.5. The van der Waals surface area contributed by atoms with E-state index in [2.05, 4.69) is 33.8 Å². The number of hydrogen-bond donors (Lipinski definition) is 2. The van der Waals surface area contributed by atoms with Gasteiger partial charge in [0.15, 0.2) is 0 Å². The number of rotatable bonds is 10. The third kappa shape index (κ3) is 8.73. The zero-order valence-corrected chi connectivity index (χ0v) is 24.3. The first kappa shape index (κ1) is 30.4. The zero-order valence-electron chi connectivity index (χ0n) is 24.3. The van der Waals surface area contributed by atoms with E-state index in [0.717, 1.165) is 75.1 Å². The van der Waals surface area contributed by atoms with Crippen LogP contribution in [-0.2, 0) is 4.79 Å². The monoisotopic (exact) mass is 584 g/mol. The largest absolute Gasteiger partial charge is 0.489 e. The molecule has 5 rings (SSSR count). The second-order valence-electron chi connectivity index (χ2n) is 11.4. The minimum Gasteiger partial charge on any atom is -0.489 e. The molecule has 224 valence electrons. The van der Waals surface area contributed by atoms with Crippen molar-refractivity contribution in [3.63, 3.8) is 0 Å². The minimum atomic E-state index is -0.480. The second kappa shape index (κ2) is 14.9. The molecule has 2 aliphatic heterocycles. The van der Waals surface area contributed by atoms with Crippen molar-refractivity contribution >= 4 is 12.0 Å². The normalized spacial score (nSPS) is 16.8. The van der Waals surface area contributed by atoms with Gasteiger partial charge >= 0.3 is 0 Å². The van der Waals surface area contributed by atoms with Crippen LogP contribution >= 0.6 is 0 Å².